The van der Waals surface area contributed by atoms with Crippen molar-refractivity contribution >= 4 is 93.7 Å². The Kier molecular flexibility index (Phi) is 5.63. The van der Waals surface area contributed by atoms with Crippen molar-refractivity contribution in [3.8, 4) is 11.1 Å². The van der Waals surface area contributed by atoms with Gasteiger partial charge >= 0.3 is 0 Å². The second kappa shape index (κ2) is 10.4. The molecule has 11 aromatic rings. The average Bonchev–Trinajstić information content (AvgIpc) is 3.86. The van der Waals surface area contributed by atoms with E-state index < -0.39 is 0 Å². The molecule has 0 fully saturated rings. The summed E-state index contributed by atoms with van der Waals surface area (Å²) in [4.78, 5) is 2.31. The van der Waals surface area contributed by atoms with Crippen molar-refractivity contribution in [3.05, 3.63) is 164 Å². The van der Waals surface area contributed by atoms with Gasteiger partial charge in [-0.2, -0.15) is 0 Å². The summed E-state index contributed by atoms with van der Waals surface area (Å²) in [5.74, 6) is 0. The Balaban J connectivity index is 1.11. The Morgan fingerprint density at radius 3 is 1.54 bits per heavy atom. The maximum absolute atomic E-state index is 6.51. The van der Waals surface area contributed by atoms with Gasteiger partial charge in [-0.3, -0.25) is 0 Å². The molecule has 0 radical (unpaired) electrons. The fraction of sp³-hybridized carbons (Fsp3) is 0. The van der Waals surface area contributed by atoms with Gasteiger partial charge in [0, 0.05) is 49.4 Å². The van der Waals surface area contributed by atoms with E-state index in [-0.39, 0.29) is 0 Å². The molecule has 0 saturated carbocycles. The van der Waals surface area contributed by atoms with E-state index in [0.717, 1.165) is 82.9 Å². The van der Waals surface area contributed by atoms with Crippen molar-refractivity contribution in [2.75, 3.05) is 4.90 Å². The molecule has 234 valence electrons. The zero-order valence-electron chi connectivity index (χ0n) is 26.8. The van der Waals surface area contributed by atoms with E-state index in [1.165, 1.54) is 21.9 Å². The summed E-state index contributed by atoms with van der Waals surface area (Å²) in [7, 11) is 0. The minimum atomic E-state index is 0.767. The van der Waals surface area contributed by atoms with Gasteiger partial charge in [-0.05, 0) is 94.7 Å². The molecule has 0 unspecified atom stereocenters. The van der Waals surface area contributed by atoms with Crippen LogP contribution in [0, 0.1) is 0 Å². The highest BCUT2D eigenvalue weighted by Crippen LogP contribution is 2.43. The van der Waals surface area contributed by atoms with Crippen LogP contribution in [0.2, 0.25) is 0 Å². The number of benzene rings is 8. The van der Waals surface area contributed by atoms with Gasteiger partial charge in [0.05, 0.1) is 0 Å². The highest BCUT2D eigenvalue weighted by atomic mass is 16.4. The summed E-state index contributed by atoms with van der Waals surface area (Å²) < 4.78 is 19.1. The second-order valence-corrected chi connectivity index (χ2v) is 12.9. The molecule has 0 amide bonds. The van der Waals surface area contributed by atoms with Crippen molar-refractivity contribution in [1.82, 2.24) is 0 Å². The normalized spacial score (nSPS) is 12.0. The molecule has 0 atom stereocenters. The van der Waals surface area contributed by atoms with Crippen LogP contribution >= 0.6 is 0 Å². The standard InChI is InChI=1S/C46H27NO3/c1-2-10-33-28(8-1)9-7-13-34(33)29-16-18-30(19-17-29)47(31-20-24-43-39(26-31)36-12-4-5-14-41(36)48-43)32-21-25-44-40(27-32)38-23-22-37-35-11-3-6-15-42(35)49-45(37)46(38)50-44/h1-27H. The SMILES string of the molecule is c1ccc2c(-c3ccc(N(c4ccc5oc6ccccc6c5c4)c4ccc5oc6c(ccc7c8ccccc8oc76)c5c4)cc3)cccc2c1. The minimum absolute atomic E-state index is 0.767. The molecule has 11 rings (SSSR count). The fourth-order valence-corrected chi connectivity index (χ4v) is 7.71. The van der Waals surface area contributed by atoms with E-state index in [1.807, 2.05) is 30.3 Å². The second-order valence-electron chi connectivity index (χ2n) is 12.9. The summed E-state index contributed by atoms with van der Waals surface area (Å²) in [6.45, 7) is 0. The lowest BCUT2D eigenvalue weighted by atomic mass is 9.98. The van der Waals surface area contributed by atoms with Gasteiger partial charge in [0.15, 0.2) is 11.2 Å². The first kappa shape index (κ1) is 27.2. The Morgan fingerprint density at radius 1 is 0.320 bits per heavy atom. The zero-order chi connectivity index (χ0) is 32.8. The predicted octanol–water partition coefficient (Wildman–Crippen LogP) is 13.7. The highest BCUT2D eigenvalue weighted by molar-refractivity contribution is 6.19. The molecule has 0 N–H and O–H groups in total. The Labute approximate surface area is 286 Å². The smallest absolute Gasteiger partial charge is 0.178 e. The van der Waals surface area contributed by atoms with Crippen LogP contribution in [-0.4, -0.2) is 0 Å². The van der Waals surface area contributed by atoms with Crippen LogP contribution in [0.5, 0.6) is 0 Å². The lowest BCUT2D eigenvalue weighted by Crippen LogP contribution is -2.09. The third kappa shape index (κ3) is 3.99. The van der Waals surface area contributed by atoms with Gasteiger partial charge in [0.2, 0.25) is 0 Å². The van der Waals surface area contributed by atoms with Crippen molar-refractivity contribution in [1.29, 1.82) is 0 Å². The Hall–Kier alpha value is -6.78. The third-order valence-electron chi connectivity index (χ3n) is 10.1. The highest BCUT2D eigenvalue weighted by Gasteiger charge is 2.20. The summed E-state index contributed by atoms with van der Waals surface area (Å²) in [5, 5.41) is 8.86. The molecule has 3 heterocycles. The summed E-state index contributed by atoms with van der Waals surface area (Å²) in [6, 6.07) is 57.5. The first-order valence-corrected chi connectivity index (χ1v) is 16.8. The van der Waals surface area contributed by atoms with Crippen molar-refractivity contribution in [2.45, 2.75) is 0 Å². The zero-order valence-corrected chi connectivity index (χ0v) is 26.8. The van der Waals surface area contributed by atoms with Crippen molar-refractivity contribution < 1.29 is 13.3 Å². The molecular weight excluding hydrogens is 615 g/mol. The van der Waals surface area contributed by atoms with Gasteiger partial charge in [0.25, 0.3) is 0 Å². The van der Waals surface area contributed by atoms with Crippen LogP contribution in [0.1, 0.15) is 0 Å². The summed E-state index contributed by atoms with van der Waals surface area (Å²) in [6.07, 6.45) is 0. The Morgan fingerprint density at radius 2 is 0.820 bits per heavy atom. The van der Waals surface area contributed by atoms with E-state index in [4.69, 9.17) is 13.3 Å². The summed E-state index contributed by atoms with van der Waals surface area (Å²) >= 11 is 0. The third-order valence-corrected chi connectivity index (χ3v) is 10.1. The number of hydrogen-bond donors (Lipinski definition) is 0. The monoisotopic (exact) mass is 641 g/mol. The van der Waals surface area contributed by atoms with E-state index in [1.54, 1.807) is 0 Å². The first-order valence-electron chi connectivity index (χ1n) is 16.8. The average molecular weight is 642 g/mol. The van der Waals surface area contributed by atoms with Crippen LogP contribution in [0.3, 0.4) is 0 Å². The molecule has 3 aromatic heterocycles. The number of nitrogens with zero attached hydrogens (tertiary/aromatic N) is 1. The number of anilines is 3. The largest absolute Gasteiger partial charge is 0.456 e. The molecule has 4 heteroatoms. The molecular formula is C46H27NO3. The van der Waals surface area contributed by atoms with Crippen LogP contribution < -0.4 is 4.90 Å². The van der Waals surface area contributed by atoms with Crippen molar-refractivity contribution in [3.63, 3.8) is 0 Å². The molecule has 50 heavy (non-hydrogen) atoms. The van der Waals surface area contributed by atoms with Gasteiger partial charge in [-0.1, -0.05) is 91.0 Å². The lowest BCUT2D eigenvalue weighted by Gasteiger charge is -2.26. The van der Waals surface area contributed by atoms with Gasteiger partial charge in [-0.15, -0.1) is 0 Å². The molecule has 4 nitrogen and oxygen atoms in total. The van der Waals surface area contributed by atoms with Gasteiger partial charge < -0.3 is 18.2 Å². The van der Waals surface area contributed by atoms with E-state index in [0.29, 0.717) is 0 Å². The molecule has 8 aromatic carbocycles. The lowest BCUT2D eigenvalue weighted by molar-refractivity contribution is 0.633. The molecule has 0 aliphatic rings. The van der Waals surface area contributed by atoms with Gasteiger partial charge in [-0.25, -0.2) is 0 Å². The topological polar surface area (TPSA) is 42.7 Å². The predicted molar refractivity (Wildman–Crippen MR) is 206 cm³/mol. The van der Waals surface area contributed by atoms with Crippen molar-refractivity contribution in [2.24, 2.45) is 0 Å². The van der Waals surface area contributed by atoms with E-state index in [9.17, 15) is 0 Å². The molecule has 0 bridgehead atoms. The molecule has 0 spiro atoms. The molecule has 0 aliphatic carbocycles. The first-order chi connectivity index (χ1) is 24.8. The fourth-order valence-electron chi connectivity index (χ4n) is 7.71. The number of para-hydroxylation sites is 2. The maximum Gasteiger partial charge on any atom is 0.178 e. The van der Waals surface area contributed by atoms with Crippen LogP contribution in [0.4, 0.5) is 17.1 Å². The number of furan rings is 3. The van der Waals surface area contributed by atoms with E-state index >= 15 is 0 Å². The van der Waals surface area contributed by atoms with Crippen LogP contribution in [0.15, 0.2) is 177 Å². The molecule has 0 aliphatic heterocycles. The van der Waals surface area contributed by atoms with Gasteiger partial charge in [0.1, 0.15) is 22.3 Å². The van der Waals surface area contributed by atoms with E-state index in [2.05, 4.69) is 138 Å². The maximum atomic E-state index is 6.51. The minimum Gasteiger partial charge on any atom is -0.456 e. The van der Waals surface area contributed by atoms with Crippen LogP contribution in [0.25, 0.3) is 87.7 Å². The van der Waals surface area contributed by atoms with Crippen LogP contribution in [-0.2, 0) is 0 Å². The quantitative estimate of drug-likeness (QED) is 0.192. The number of fused-ring (bicyclic) bond motifs is 11. The number of rotatable bonds is 4. The number of hydrogen-bond acceptors (Lipinski definition) is 4. The Bertz CT molecular complexity index is 3100. The molecule has 0 saturated heterocycles. The summed E-state index contributed by atoms with van der Waals surface area (Å²) in [5.41, 5.74) is 10.5.